The summed E-state index contributed by atoms with van der Waals surface area (Å²) in [4.78, 5) is 0. The van der Waals surface area contributed by atoms with Crippen molar-refractivity contribution in [2.75, 3.05) is 19.6 Å². The first-order chi connectivity index (χ1) is 7.83. The standard InChI is InChI=1S/C13H22N2O/c14-8-10-15-9-4-7-13(16)11-12-5-2-1-3-6-12/h1-3,5-6,13,15-16H,4,7-11,14H2. The first-order valence-electron chi connectivity index (χ1n) is 5.95. The number of rotatable bonds is 8. The highest BCUT2D eigenvalue weighted by Crippen LogP contribution is 2.06. The minimum Gasteiger partial charge on any atom is -0.393 e. The summed E-state index contributed by atoms with van der Waals surface area (Å²) in [5.41, 5.74) is 6.56. The van der Waals surface area contributed by atoms with Crippen LogP contribution in [0.2, 0.25) is 0 Å². The molecule has 1 atom stereocenters. The molecule has 0 aliphatic heterocycles. The lowest BCUT2D eigenvalue weighted by atomic mass is 10.0. The molecule has 0 radical (unpaired) electrons. The number of hydrogen-bond donors (Lipinski definition) is 3. The van der Waals surface area contributed by atoms with Crippen LogP contribution in [0.5, 0.6) is 0 Å². The van der Waals surface area contributed by atoms with Crippen molar-refractivity contribution in [3.63, 3.8) is 0 Å². The Morgan fingerprint density at radius 1 is 1.19 bits per heavy atom. The maximum atomic E-state index is 9.81. The molecule has 0 fully saturated rings. The van der Waals surface area contributed by atoms with Crippen molar-refractivity contribution in [1.29, 1.82) is 0 Å². The zero-order chi connectivity index (χ0) is 11.6. The van der Waals surface area contributed by atoms with Gasteiger partial charge in [-0.1, -0.05) is 30.3 Å². The molecular weight excluding hydrogens is 200 g/mol. The first-order valence-corrected chi connectivity index (χ1v) is 5.95. The number of aliphatic hydroxyl groups excluding tert-OH is 1. The highest BCUT2D eigenvalue weighted by atomic mass is 16.3. The predicted octanol–water partition coefficient (Wildman–Crippen LogP) is 0.918. The van der Waals surface area contributed by atoms with Gasteiger partial charge in [0, 0.05) is 13.1 Å². The zero-order valence-corrected chi connectivity index (χ0v) is 9.73. The van der Waals surface area contributed by atoms with E-state index in [-0.39, 0.29) is 6.10 Å². The number of benzene rings is 1. The second-order valence-electron chi connectivity index (χ2n) is 4.02. The minimum atomic E-state index is -0.234. The molecule has 1 aromatic rings. The zero-order valence-electron chi connectivity index (χ0n) is 9.73. The molecule has 0 heterocycles. The van der Waals surface area contributed by atoms with E-state index in [9.17, 15) is 5.11 Å². The van der Waals surface area contributed by atoms with E-state index in [1.54, 1.807) is 0 Å². The summed E-state index contributed by atoms with van der Waals surface area (Å²) in [5, 5.41) is 13.0. The topological polar surface area (TPSA) is 58.3 Å². The van der Waals surface area contributed by atoms with Gasteiger partial charge in [-0.3, -0.25) is 0 Å². The van der Waals surface area contributed by atoms with Crippen LogP contribution in [0.15, 0.2) is 30.3 Å². The fraction of sp³-hybridized carbons (Fsp3) is 0.538. The summed E-state index contributed by atoms with van der Waals surface area (Å²) in [7, 11) is 0. The molecule has 3 nitrogen and oxygen atoms in total. The molecule has 1 rings (SSSR count). The molecule has 1 aromatic carbocycles. The number of nitrogens with one attached hydrogen (secondary N) is 1. The molecule has 0 aliphatic rings. The quantitative estimate of drug-likeness (QED) is 0.573. The van der Waals surface area contributed by atoms with Crippen molar-refractivity contribution in [3.8, 4) is 0 Å². The normalized spacial score (nSPS) is 12.6. The molecule has 0 saturated carbocycles. The fourth-order valence-corrected chi connectivity index (χ4v) is 1.68. The van der Waals surface area contributed by atoms with E-state index in [0.29, 0.717) is 6.54 Å². The minimum absolute atomic E-state index is 0.234. The Hall–Kier alpha value is -0.900. The Morgan fingerprint density at radius 2 is 1.94 bits per heavy atom. The second-order valence-corrected chi connectivity index (χ2v) is 4.02. The third kappa shape index (κ3) is 5.85. The molecule has 0 aliphatic carbocycles. The van der Waals surface area contributed by atoms with Gasteiger partial charge in [0.1, 0.15) is 0 Å². The lowest BCUT2D eigenvalue weighted by Crippen LogP contribution is -2.24. The average Bonchev–Trinajstić information content (AvgIpc) is 2.30. The predicted molar refractivity (Wildman–Crippen MR) is 67.3 cm³/mol. The Balaban J connectivity index is 2.09. The van der Waals surface area contributed by atoms with Crippen LogP contribution in [0.3, 0.4) is 0 Å². The van der Waals surface area contributed by atoms with Gasteiger partial charge in [-0.15, -0.1) is 0 Å². The Morgan fingerprint density at radius 3 is 2.62 bits per heavy atom. The number of nitrogens with two attached hydrogens (primary N) is 1. The van der Waals surface area contributed by atoms with Gasteiger partial charge in [0.2, 0.25) is 0 Å². The average molecular weight is 222 g/mol. The summed E-state index contributed by atoms with van der Waals surface area (Å²) >= 11 is 0. The van der Waals surface area contributed by atoms with Gasteiger partial charge in [-0.05, 0) is 31.4 Å². The van der Waals surface area contributed by atoms with Gasteiger partial charge in [0.05, 0.1) is 6.10 Å². The lowest BCUT2D eigenvalue weighted by molar-refractivity contribution is 0.162. The maximum Gasteiger partial charge on any atom is 0.0581 e. The summed E-state index contributed by atoms with van der Waals surface area (Å²) in [6.45, 7) is 2.46. The molecule has 3 heteroatoms. The van der Waals surface area contributed by atoms with E-state index in [4.69, 9.17) is 5.73 Å². The monoisotopic (exact) mass is 222 g/mol. The van der Waals surface area contributed by atoms with Gasteiger partial charge in [0.15, 0.2) is 0 Å². The molecule has 4 N–H and O–H groups in total. The second kappa shape index (κ2) is 8.28. The molecule has 0 aromatic heterocycles. The van der Waals surface area contributed by atoms with Crippen molar-refractivity contribution < 1.29 is 5.11 Å². The molecule has 0 bridgehead atoms. The number of hydrogen-bond acceptors (Lipinski definition) is 3. The van der Waals surface area contributed by atoms with Gasteiger partial charge in [-0.25, -0.2) is 0 Å². The molecular formula is C13H22N2O. The summed E-state index contributed by atoms with van der Waals surface area (Å²) in [5.74, 6) is 0. The van der Waals surface area contributed by atoms with Crippen LogP contribution in [0.25, 0.3) is 0 Å². The van der Waals surface area contributed by atoms with Crippen LogP contribution in [0.4, 0.5) is 0 Å². The molecule has 0 spiro atoms. The van der Waals surface area contributed by atoms with E-state index in [0.717, 1.165) is 32.4 Å². The summed E-state index contributed by atoms with van der Waals surface area (Å²) in [6.07, 6.45) is 2.35. The van der Waals surface area contributed by atoms with E-state index in [1.165, 1.54) is 5.56 Å². The largest absolute Gasteiger partial charge is 0.393 e. The van der Waals surface area contributed by atoms with Crippen LogP contribution in [-0.2, 0) is 6.42 Å². The van der Waals surface area contributed by atoms with Gasteiger partial charge in [-0.2, -0.15) is 0 Å². The lowest BCUT2D eigenvalue weighted by Gasteiger charge is -2.10. The van der Waals surface area contributed by atoms with Crippen LogP contribution >= 0.6 is 0 Å². The Kier molecular flexibility index (Phi) is 6.81. The van der Waals surface area contributed by atoms with Gasteiger partial charge >= 0.3 is 0 Å². The van der Waals surface area contributed by atoms with E-state index in [1.807, 2.05) is 18.2 Å². The number of aliphatic hydroxyl groups is 1. The first kappa shape index (κ1) is 13.2. The molecule has 16 heavy (non-hydrogen) atoms. The van der Waals surface area contributed by atoms with Crippen LogP contribution in [-0.4, -0.2) is 30.8 Å². The highest BCUT2D eigenvalue weighted by Gasteiger charge is 2.04. The van der Waals surface area contributed by atoms with Crippen LogP contribution in [0.1, 0.15) is 18.4 Å². The maximum absolute atomic E-state index is 9.81. The van der Waals surface area contributed by atoms with Crippen LogP contribution in [0, 0.1) is 0 Å². The smallest absolute Gasteiger partial charge is 0.0581 e. The van der Waals surface area contributed by atoms with E-state index in [2.05, 4.69) is 17.4 Å². The van der Waals surface area contributed by atoms with Crippen molar-refractivity contribution in [1.82, 2.24) is 5.32 Å². The van der Waals surface area contributed by atoms with Crippen molar-refractivity contribution in [2.24, 2.45) is 5.73 Å². The van der Waals surface area contributed by atoms with Crippen molar-refractivity contribution in [3.05, 3.63) is 35.9 Å². The third-order valence-electron chi connectivity index (χ3n) is 2.53. The van der Waals surface area contributed by atoms with Crippen LogP contribution < -0.4 is 11.1 Å². The molecule has 0 amide bonds. The van der Waals surface area contributed by atoms with Gasteiger partial charge in [0.25, 0.3) is 0 Å². The molecule has 1 unspecified atom stereocenters. The Labute approximate surface area is 97.7 Å². The third-order valence-corrected chi connectivity index (χ3v) is 2.53. The molecule has 0 saturated heterocycles. The summed E-state index contributed by atoms with van der Waals surface area (Å²) in [6, 6.07) is 10.1. The van der Waals surface area contributed by atoms with E-state index >= 15 is 0 Å². The SMILES string of the molecule is NCCNCCCC(O)Cc1ccccc1. The fourth-order valence-electron chi connectivity index (χ4n) is 1.68. The highest BCUT2D eigenvalue weighted by molar-refractivity contribution is 5.15. The van der Waals surface area contributed by atoms with Gasteiger partial charge < -0.3 is 16.2 Å². The Bertz CT molecular complexity index is 264. The molecule has 90 valence electrons. The van der Waals surface area contributed by atoms with Crippen molar-refractivity contribution >= 4 is 0 Å². The van der Waals surface area contributed by atoms with E-state index < -0.39 is 0 Å². The van der Waals surface area contributed by atoms with Crippen molar-refractivity contribution in [2.45, 2.75) is 25.4 Å². The summed E-state index contributed by atoms with van der Waals surface area (Å²) < 4.78 is 0.